The Balaban J connectivity index is 2.12. The minimum Gasteiger partial charge on any atom is -0.423 e. The molecular weight excluding hydrogens is 292 g/mol. The molecule has 0 radical (unpaired) electrons. The zero-order valence-electron chi connectivity index (χ0n) is 10.4. The van der Waals surface area contributed by atoms with Crippen molar-refractivity contribution in [1.29, 1.82) is 0 Å². The van der Waals surface area contributed by atoms with E-state index in [9.17, 15) is 22.4 Å². The number of hydrogen-bond donors (Lipinski definition) is 0. The first kappa shape index (κ1) is 14.8. The molecule has 0 N–H and O–H groups in total. The molecular formula is C14H8F4O3. The standard InChI is InChI=1S/C14H8F4O3/c15-11-8-10(6-7-12(11)21-14(16,17)18)20-13(19)9-4-2-1-3-5-9/h1-8H. The molecule has 0 aliphatic carbocycles. The van der Waals surface area contributed by atoms with Gasteiger partial charge in [-0.25, -0.2) is 9.18 Å². The van der Waals surface area contributed by atoms with Gasteiger partial charge < -0.3 is 9.47 Å². The lowest BCUT2D eigenvalue weighted by atomic mass is 10.2. The summed E-state index contributed by atoms with van der Waals surface area (Å²) in [5, 5.41) is 0. The summed E-state index contributed by atoms with van der Waals surface area (Å²) in [5.74, 6) is -3.26. The average Bonchev–Trinajstić information content (AvgIpc) is 2.41. The van der Waals surface area contributed by atoms with Crippen molar-refractivity contribution in [2.45, 2.75) is 6.36 Å². The normalized spacial score (nSPS) is 11.0. The lowest BCUT2D eigenvalue weighted by molar-refractivity contribution is -0.275. The van der Waals surface area contributed by atoms with Crippen LogP contribution in [0.15, 0.2) is 48.5 Å². The first-order chi connectivity index (χ1) is 9.85. The van der Waals surface area contributed by atoms with E-state index in [1.54, 1.807) is 18.2 Å². The number of ether oxygens (including phenoxy) is 2. The van der Waals surface area contributed by atoms with E-state index in [-0.39, 0.29) is 11.3 Å². The van der Waals surface area contributed by atoms with Crippen molar-refractivity contribution < 1.29 is 31.8 Å². The van der Waals surface area contributed by atoms with Crippen LogP contribution >= 0.6 is 0 Å². The fourth-order valence-corrected chi connectivity index (χ4v) is 1.49. The van der Waals surface area contributed by atoms with E-state index in [1.807, 2.05) is 0 Å². The summed E-state index contributed by atoms with van der Waals surface area (Å²) in [6.45, 7) is 0. The predicted molar refractivity (Wildman–Crippen MR) is 64.5 cm³/mol. The second-order valence-electron chi connectivity index (χ2n) is 3.90. The first-order valence-electron chi connectivity index (χ1n) is 5.68. The van der Waals surface area contributed by atoms with Gasteiger partial charge in [-0.15, -0.1) is 13.2 Å². The van der Waals surface area contributed by atoms with Crippen molar-refractivity contribution in [3.8, 4) is 11.5 Å². The van der Waals surface area contributed by atoms with Crippen LogP contribution in [0, 0.1) is 5.82 Å². The van der Waals surface area contributed by atoms with E-state index in [2.05, 4.69) is 4.74 Å². The maximum Gasteiger partial charge on any atom is 0.573 e. The molecule has 0 heterocycles. The number of halogens is 4. The van der Waals surface area contributed by atoms with Gasteiger partial charge in [0.1, 0.15) is 5.75 Å². The van der Waals surface area contributed by atoms with Gasteiger partial charge in [0.2, 0.25) is 0 Å². The van der Waals surface area contributed by atoms with Crippen LogP contribution in [-0.4, -0.2) is 12.3 Å². The molecule has 0 aliphatic heterocycles. The molecule has 2 rings (SSSR count). The minimum absolute atomic E-state index is 0.226. The Bertz CT molecular complexity index is 638. The van der Waals surface area contributed by atoms with Crippen LogP contribution in [0.25, 0.3) is 0 Å². The maximum absolute atomic E-state index is 13.4. The second kappa shape index (κ2) is 5.82. The molecule has 0 saturated carbocycles. The number of esters is 1. The van der Waals surface area contributed by atoms with Crippen LogP contribution in [0.3, 0.4) is 0 Å². The Morgan fingerprint density at radius 1 is 1.00 bits per heavy atom. The Morgan fingerprint density at radius 2 is 1.67 bits per heavy atom. The number of hydrogen-bond acceptors (Lipinski definition) is 3. The Hall–Kier alpha value is -2.57. The van der Waals surface area contributed by atoms with Crippen molar-refractivity contribution >= 4 is 5.97 Å². The zero-order valence-corrected chi connectivity index (χ0v) is 10.4. The van der Waals surface area contributed by atoms with Gasteiger partial charge in [-0.2, -0.15) is 0 Å². The van der Waals surface area contributed by atoms with Crippen molar-refractivity contribution in [1.82, 2.24) is 0 Å². The summed E-state index contributed by atoms with van der Waals surface area (Å²) in [6.07, 6.45) is -5.00. The van der Waals surface area contributed by atoms with Crippen LogP contribution < -0.4 is 9.47 Å². The number of rotatable bonds is 3. The van der Waals surface area contributed by atoms with Crippen molar-refractivity contribution in [3.63, 3.8) is 0 Å². The quantitative estimate of drug-likeness (QED) is 0.489. The largest absolute Gasteiger partial charge is 0.573 e. The van der Waals surface area contributed by atoms with Crippen molar-refractivity contribution in [2.24, 2.45) is 0 Å². The van der Waals surface area contributed by atoms with Gasteiger partial charge in [0.15, 0.2) is 11.6 Å². The molecule has 0 amide bonds. The lowest BCUT2D eigenvalue weighted by Crippen LogP contribution is -2.18. The highest BCUT2D eigenvalue weighted by Crippen LogP contribution is 2.28. The van der Waals surface area contributed by atoms with Gasteiger partial charge in [0.25, 0.3) is 0 Å². The third-order valence-corrected chi connectivity index (χ3v) is 2.35. The average molecular weight is 300 g/mol. The number of benzene rings is 2. The van der Waals surface area contributed by atoms with Gasteiger partial charge in [-0.3, -0.25) is 0 Å². The Kier molecular flexibility index (Phi) is 4.11. The summed E-state index contributed by atoms with van der Waals surface area (Å²) < 4.78 is 57.7. The highest BCUT2D eigenvalue weighted by Gasteiger charge is 2.32. The summed E-state index contributed by atoms with van der Waals surface area (Å²) in [7, 11) is 0. The van der Waals surface area contributed by atoms with Crippen LogP contribution in [0.4, 0.5) is 17.6 Å². The molecule has 0 saturated heterocycles. The predicted octanol–water partition coefficient (Wildman–Crippen LogP) is 3.94. The zero-order chi connectivity index (χ0) is 15.5. The molecule has 0 fully saturated rings. The number of alkyl halides is 3. The third kappa shape index (κ3) is 4.20. The molecule has 0 aliphatic rings. The summed E-state index contributed by atoms with van der Waals surface area (Å²) in [5.41, 5.74) is 0.230. The number of carbonyl (C=O) groups is 1. The van der Waals surface area contributed by atoms with E-state index >= 15 is 0 Å². The van der Waals surface area contributed by atoms with Crippen LogP contribution in [0.2, 0.25) is 0 Å². The minimum atomic E-state index is -5.00. The molecule has 0 unspecified atom stereocenters. The van der Waals surface area contributed by atoms with Crippen LogP contribution in [-0.2, 0) is 0 Å². The fourth-order valence-electron chi connectivity index (χ4n) is 1.49. The monoisotopic (exact) mass is 300 g/mol. The molecule has 110 valence electrons. The third-order valence-electron chi connectivity index (χ3n) is 2.35. The Labute approximate surface area is 116 Å². The van der Waals surface area contributed by atoms with E-state index in [0.717, 1.165) is 12.1 Å². The molecule has 0 spiro atoms. The molecule has 7 heteroatoms. The molecule has 0 bridgehead atoms. The molecule has 0 aromatic heterocycles. The SMILES string of the molecule is O=C(Oc1ccc(OC(F)(F)F)c(F)c1)c1ccccc1. The summed E-state index contributed by atoms with van der Waals surface area (Å²) in [4.78, 5) is 11.7. The van der Waals surface area contributed by atoms with Gasteiger partial charge in [-0.05, 0) is 24.3 Å². The fraction of sp³-hybridized carbons (Fsp3) is 0.0714. The molecule has 2 aromatic carbocycles. The van der Waals surface area contributed by atoms with Gasteiger partial charge in [0.05, 0.1) is 5.56 Å². The lowest BCUT2D eigenvalue weighted by Gasteiger charge is -2.10. The van der Waals surface area contributed by atoms with Gasteiger partial charge in [0, 0.05) is 6.07 Å². The van der Waals surface area contributed by atoms with E-state index in [0.29, 0.717) is 6.07 Å². The topological polar surface area (TPSA) is 35.5 Å². The van der Waals surface area contributed by atoms with Gasteiger partial charge >= 0.3 is 12.3 Å². The second-order valence-corrected chi connectivity index (χ2v) is 3.90. The Morgan fingerprint density at radius 3 is 2.24 bits per heavy atom. The molecule has 21 heavy (non-hydrogen) atoms. The van der Waals surface area contributed by atoms with Gasteiger partial charge in [-0.1, -0.05) is 18.2 Å². The molecule has 2 aromatic rings. The van der Waals surface area contributed by atoms with E-state index < -0.39 is 23.9 Å². The molecule has 0 atom stereocenters. The van der Waals surface area contributed by atoms with E-state index in [1.165, 1.54) is 12.1 Å². The van der Waals surface area contributed by atoms with Crippen LogP contribution in [0.5, 0.6) is 11.5 Å². The van der Waals surface area contributed by atoms with Crippen molar-refractivity contribution in [3.05, 3.63) is 59.9 Å². The smallest absolute Gasteiger partial charge is 0.423 e. The van der Waals surface area contributed by atoms with Crippen molar-refractivity contribution in [2.75, 3.05) is 0 Å². The van der Waals surface area contributed by atoms with E-state index in [4.69, 9.17) is 4.74 Å². The summed E-state index contributed by atoms with van der Waals surface area (Å²) >= 11 is 0. The maximum atomic E-state index is 13.4. The first-order valence-corrected chi connectivity index (χ1v) is 5.68. The highest BCUT2D eigenvalue weighted by molar-refractivity contribution is 5.90. The summed E-state index contributed by atoms with van der Waals surface area (Å²) in [6, 6.07) is 10.3. The highest BCUT2D eigenvalue weighted by atomic mass is 19.4. The number of carbonyl (C=O) groups excluding carboxylic acids is 1. The van der Waals surface area contributed by atoms with Crippen LogP contribution in [0.1, 0.15) is 10.4 Å². The molecule has 3 nitrogen and oxygen atoms in total.